The smallest absolute Gasteiger partial charge is 0.198 e. The van der Waals surface area contributed by atoms with Crippen molar-refractivity contribution in [1.82, 2.24) is 0 Å². The minimum atomic E-state index is -0.287. The minimum Gasteiger partial charge on any atom is -0.507 e. The summed E-state index contributed by atoms with van der Waals surface area (Å²) in [7, 11) is 0. The fraction of sp³-hybridized carbons (Fsp3) is 0.300. The molecule has 0 aromatic heterocycles. The van der Waals surface area contributed by atoms with Gasteiger partial charge in [-0.25, -0.2) is 0 Å². The van der Waals surface area contributed by atoms with E-state index < -0.39 is 0 Å². The highest BCUT2D eigenvalue weighted by Crippen LogP contribution is 2.37. The van der Waals surface area contributed by atoms with Crippen molar-refractivity contribution in [3.63, 3.8) is 0 Å². The van der Waals surface area contributed by atoms with Gasteiger partial charge in [0.25, 0.3) is 0 Å². The van der Waals surface area contributed by atoms with Crippen LogP contribution in [0.4, 0.5) is 5.69 Å². The van der Waals surface area contributed by atoms with Crippen LogP contribution in [-0.2, 0) is 0 Å². The quantitative estimate of drug-likeness (QED) is 0.702. The Balaban J connectivity index is 1.82. The molecule has 0 bridgehead atoms. The molecule has 2 aromatic carbocycles. The van der Waals surface area contributed by atoms with Crippen molar-refractivity contribution in [2.24, 2.45) is 0 Å². The van der Waals surface area contributed by atoms with E-state index in [2.05, 4.69) is 5.32 Å². The third-order valence-electron chi connectivity index (χ3n) is 5.02. The molecule has 0 atom stereocenters. The van der Waals surface area contributed by atoms with Gasteiger partial charge in [-0.3, -0.25) is 9.59 Å². The lowest BCUT2D eigenvalue weighted by molar-refractivity contribution is 0.0977. The van der Waals surface area contributed by atoms with Gasteiger partial charge in [0, 0.05) is 22.9 Å². The van der Waals surface area contributed by atoms with Crippen molar-refractivity contribution in [3.05, 3.63) is 58.7 Å². The molecule has 4 nitrogen and oxygen atoms in total. The molecule has 0 radical (unpaired) electrons. The largest absolute Gasteiger partial charge is 0.507 e. The van der Waals surface area contributed by atoms with Gasteiger partial charge in [-0.2, -0.15) is 0 Å². The number of carbonyl (C=O) groups is 2. The molecule has 0 amide bonds. The molecule has 2 aromatic rings. The summed E-state index contributed by atoms with van der Waals surface area (Å²) in [6.45, 7) is 0. The number of carbonyl (C=O) groups excluding carboxylic acids is 2. The summed E-state index contributed by atoms with van der Waals surface area (Å²) in [5.74, 6) is -0.619. The molecular weight excluding hydrogens is 302 g/mol. The second kappa shape index (κ2) is 5.78. The lowest BCUT2D eigenvalue weighted by atomic mass is 9.82. The van der Waals surface area contributed by atoms with Crippen LogP contribution >= 0.6 is 0 Å². The average Bonchev–Trinajstić information content (AvgIpc) is 2.62. The lowest BCUT2D eigenvalue weighted by Crippen LogP contribution is -2.27. The number of hydrogen-bond acceptors (Lipinski definition) is 4. The predicted octanol–water partition coefficient (Wildman–Crippen LogP) is 3.91. The molecular formula is C20H19NO3. The Morgan fingerprint density at radius 3 is 2.12 bits per heavy atom. The number of aromatic hydroxyl groups is 1. The molecule has 0 aliphatic heterocycles. The van der Waals surface area contributed by atoms with Crippen LogP contribution in [0.3, 0.4) is 0 Å². The first-order valence-electron chi connectivity index (χ1n) is 8.48. The van der Waals surface area contributed by atoms with Crippen LogP contribution < -0.4 is 5.32 Å². The van der Waals surface area contributed by atoms with Crippen LogP contribution in [0.5, 0.6) is 5.75 Å². The monoisotopic (exact) mass is 321 g/mol. The highest BCUT2D eigenvalue weighted by molar-refractivity contribution is 6.31. The zero-order valence-corrected chi connectivity index (χ0v) is 13.3. The Labute approximate surface area is 140 Å². The van der Waals surface area contributed by atoms with Crippen molar-refractivity contribution in [1.29, 1.82) is 0 Å². The first-order chi connectivity index (χ1) is 11.7. The van der Waals surface area contributed by atoms with Crippen molar-refractivity contribution in [2.75, 3.05) is 5.32 Å². The van der Waals surface area contributed by atoms with Crippen LogP contribution in [0, 0.1) is 0 Å². The van der Waals surface area contributed by atoms with Gasteiger partial charge in [-0.1, -0.05) is 43.5 Å². The summed E-state index contributed by atoms with van der Waals surface area (Å²) in [5, 5.41) is 13.6. The van der Waals surface area contributed by atoms with Crippen LogP contribution in [0.25, 0.3) is 0 Å². The predicted molar refractivity (Wildman–Crippen MR) is 91.9 cm³/mol. The van der Waals surface area contributed by atoms with E-state index >= 15 is 0 Å². The number of anilines is 1. The molecule has 0 saturated heterocycles. The molecule has 122 valence electrons. The molecule has 0 heterocycles. The Bertz CT molecular complexity index is 835. The normalized spacial score (nSPS) is 17.3. The van der Waals surface area contributed by atoms with Gasteiger partial charge in [0.1, 0.15) is 5.75 Å². The van der Waals surface area contributed by atoms with E-state index in [1.54, 1.807) is 30.3 Å². The van der Waals surface area contributed by atoms with E-state index in [9.17, 15) is 14.7 Å². The van der Waals surface area contributed by atoms with Gasteiger partial charge >= 0.3 is 0 Å². The number of fused-ring (bicyclic) bond motifs is 2. The lowest BCUT2D eigenvalue weighted by Gasteiger charge is -2.27. The molecule has 2 N–H and O–H groups in total. The highest BCUT2D eigenvalue weighted by atomic mass is 16.3. The van der Waals surface area contributed by atoms with Crippen molar-refractivity contribution < 1.29 is 14.7 Å². The maximum atomic E-state index is 13.0. The topological polar surface area (TPSA) is 66.4 Å². The first kappa shape index (κ1) is 14.9. The molecule has 1 fully saturated rings. The van der Waals surface area contributed by atoms with E-state index in [0.29, 0.717) is 28.4 Å². The number of rotatable bonds is 2. The molecule has 24 heavy (non-hydrogen) atoms. The van der Waals surface area contributed by atoms with Crippen molar-refractivity contribution in [2.45, 2.75) is 38.1 Å². The summed E-state index contributed by atoms with van der Waals surface area (Å²) >= 11 is 0. The molecule has 2 aliphatic rings. The Kier molecular flexibility index (Phi) is 3.60. The molecule has 0 unspecified atom stereocenters. The van der Waals surface area contributed by atoms with E-state index in [1.165, 1.54) is 25.3 Å². The average molecular weight is 321 g/mol. The van der Waals surface area contributed by atoms with E-state index in [1.807, 2.05) is 0 Å². The summed E-state index contributed by atoms with van der Waals surface area (Å²) in [5.41, 5.74) is 1.86. The number of ketones is 2. The van der Waals surface area contributed by atoms with E-state index in [-0.39, 0.29) is 22.9 Å². The number of phenols is 1. The third-order valence-corrected chi connectivity index (χ3v) is 5.02. The summed E-state index contributed by atoms with van der Waals surface area (Å²) < 4.78 is 0. The zero-order valence-electron chi connectivity index (χ0n) is 13.3. The van der Waals surface area contributed by atoms with Gasteiger partial charge < -0.3 is 10.4 Å². The Hall–Kier alpha value is -2.62. The van der Waals surface area contributed by atoms with E-state index in [0.717, 1.165) is 12.8 Å². The summed E-state index contributed by atoms with van der Waals surface area (Å²) in [4.78, 5) is 25.7. The SMILES string of the molecule is O=C1c2ccccc2C(=O)c2c(NC3CCCCC3)ccc(O)c21. The maximum Gasteiger partial charge on any atom is 0.198 e. The molecule has 4 rings (SSSR count). The minimum absolute atomic E-state index is 0.125. The van der Waals surface area contributed by atoms with Gasteiger partial charge in [0.05, 0.1) is 11.1 Å². The summed E-state index contributed by atoms with van der Waals surface area (Å²) in [6, 6.07) is 10.3. The Morgan fingerprint density at radius 1 is 0.833 bits per heavy atom. The van der Waals surface area contributed by atoms with Crippen LogP contribution in [0.2, 0.25) is 0 Å². The summed E-state index contributed by atoms with van der Waals surface area (Å²) in [6.07, 6.45) is 5.72. The van der Waals surface area contributed by atoms with Crippen LogP contribution in [0.1, 0.15) is 63.9 Å². The number of benzene rings is 2. The molecule has 4 heteroatoms. The van der Waals surface area contributed by atoms with Gasteiger partial charge in [0.2, 0.25) is 0 Å². The zero-order chi connectivity index (χ0) is 16.7. The second-order valence-corrected chi connectivity index (χ2v) is 6.57. The standard InChI is InChI=1S/C20H19NO3/c22-16-11-10-15(21-12-6-2-1-3-7-12)17-18(16)20(24)14-9-5-4-8-13(14)19(17)23/h4-5,8-12,21-22H,1-3,6-7H2. The van der Waals surface area contributed by atoms with Gasteiger partial charge in [0.15, 0.2) is 11.6 Å². The molecule has 1 saturated carbocycles. The fourth-order valence-corrected chi connectivity index (χ4v) is 3.79. The second-order valence-electron chi connectivity index (χ2n) is 6.57. The van der Waals surface area contributed by atoms with Crippen molar-refractivity contribution >= 4 is 17.3 Å². The number of nitrogens with one attached hydrogen (secondary N) is 1. The van der Waals surface area contributed by atoms with Gasteiger partial charge in [-0.05, 0) is 25.0 Å². The number of hydrogen-bond donors (Lipinski definition) is 2. The number of phenolic OH excluding ortho intramolecular Hbond substituents is 1. The molecule has 2 aliphatic carbocycles. The third kappa shape index (κ3) is 2.30. The van der Waals surface area contributed by atoms with Crippen molar-refractivity contribution in [3.8, 4) is 5.75 Å². The molecule has 0 spiro atoms. The van der Waals surface area contributed by atoms with Gasteiger partial charge in [-0.15, -0.1) is 0 Å². The van der Waals surface area contributed by atoms with E-state index in [4.69, 9.17) is 0 Å². The maximum absolute atomic E-state index is 13.0. The Morgan fingerprint density at radius 2 is 1.46 bits per heavy atom. The van der Waals surface area contributed by atoms with Crippen LogP contribution in [0.15, 0.2) is 36.4 Å². The van der Waals surface area contributed by atoms with Crippen LogP contribution in [-0.4, -0.2) is 22.7 Å². The fourth-order valence-electron chi connectivity index (χ4n) is 3.79. The highest BCUT2D eigenvalue weighted by Gasteiger charge is 2.34. The first-order valence-corrected chi connectivity index (χ1v) is 8.48.